The van der Waals surface area contributed by atoms with Gasteiger partial charge < -0.3 is 25.2 Å². The van der Waals surface area contributed by atoms with E-state index >= 15 is 0 Å². The molecule has 0 saturated carbocycles. The standard InChI is InChI=1S/C9H14N2O7/c12-2-4-3(13)1-5(18-4)11-8(16)6(14)7(15)10-9(11)17/h3-6,8,12-14,16H,1-2H2,(H,10,15,17)/t3-,4+,5+,6?,8?/m1/s1. The van der Waals surface area contributed by atoms with Crippen LogP contribution in [-0.4, -0.2) is 74.6 Å². The number of imide groups is 1. The summed E-state index contributed by atoms with van der Waals surface area (Å²) in [5, 5.41) is 39.3. The molecule has 9 nitrogen and oxygen atoms in total. The van der Waals surface area contributed by atoms with Gasteiger partial charge in [0.2, 0.25) is 0 Å². The Hall–Kier alpha value is -1.26. The number of hydrogen-bond acceptors (Lipinski definition) is 7. The molecule has 2 aliphatic heterocycles. The maximum absolute atomic E-state index is 11.5. The molecule has 2 heterocycles. The SMILES string of the molecule is O=C1NC(=O)N([C@@H]2C[C@@H](O)[C@H](CO)O2)C(O)C1O. The minimum atomic E-state index is -1.78. The Morgan fingerprint density at radius 3 is 2.56 bits per heavy atom. The molecule has 2 unspecified atom stereocenters. The van der Waals surface area contributed by atoms with Gasteiger partial charge in [-0.25, -0.2) is 4.79 Å². The maximum atomic E-state index is 11.5. The van der Waals surface area contributed by atoms with Gasteiger partial charge in [-0.1, -0.05) is 0 Å². The molecular weight excluding hydrogens is 248 g/mol. The van der Waals surface area contributed by atoms with Gasteiger partial charge in [0.05, 0.1) is 12.7 Å². The summed E-state index contributed by atoms with van der Waals surface area (Å²) in [5.74, 6) is -0.999. The number of hydrogen-bond donors (Lipinski definition) is 5. The summed E-state index contributed by atoms with van der Waals surface area (Å²) in [5.41, 5.74) is 0. The monoisotopic (exact) mass is 262 g/mol. The maximum Gasteiger partial charge on any atom is 0.328 e. The van der Waals surface area contributed by atoms with E-state index in [1.807, 2.05) is 5.32 Å². The van der Waals surface area contributed by atoms with Gasteiger partial charge in [0.1, 0.15) is 12.3 Å². The molecule has 2 aliphatic rings. The summed E-state index contributed by atoms with van der Waals surface area (Å²) in [6.45, 7) is -0.440. The third kappa shape index (κ3) is 2.06. The van der Waals surface area contributed by atoms with Crippen molar-refractivity contribution in [2.45, 2.75) is 37.2 Å². The fourth-order valence-electron chi connectivity index (χ4n) is 2.00. The molecule has 3 amide bonds. The van der Waals surface area contributed by atoms with Gasteiger partial charge in [0, 0.05) is 6.42 Å². The number of carbonyl (C=O) groups is 2. The van der Waals surface area contributed by atoms with E-state index in [0.29, 0.717) is 0 Å². The molecule has 102 valence electrons. The fourth-order valence-corrected chi connectivity index (χ4v) is 2.00. The molecule has 5 atom stereocenters. The van der Waals surface area contributed by atoms with Crippen molar-refractivity contribution in [1.82, 2.24) is 10.2 Å². The molecule has 0 aromatic carbocycles. The van der Waals surface area contributed by atoms with E-state index in [4.69, 9.17) is 9.84 Å². The molecule has 2 rings (SSSR count). The highest BCUT2D eigenvalue weighted by atomic mass is 16.6. The Morgan fingerprint density at radius 1 is 1.33 bits per heavy atom. The Morgan fingerprint density at radius 2 is 2.00 bits per heavy atom. The second-order valence-corrected chi connectivity index (χ2v) is 4.17. The summed E-state index contributed by atoms with van der Waals surface area (Å²) in [6.07, 6.45) is -6.44. The van der Waals surface area contributed by atoms with Crippen LogP contribution in [0.3, 0.4) is 0 Å². The second kappa shape index (κ2) is 4.78. The fraction of sp³-hybridized carbons (Fsp3) is 0.778. The highest BCUT2D eigenvalue weighted by Gasteiger charge is 2.47. The van der Waals surface area contributed by atoms with E-state index in [0.717, 1.165) is 4.90 Å². The number of nitrogens with one attached hydrogen (secondary N) is 1. The largest absolute Gasteiger partial charge is 0.394 e. The molecule has 0 aromatic rings. The van der Waals surface area contributed by atoms with E-state index in [2.05, 4.69) is 0 Å². The van der Waals surface area contributed by atoms with Gasteiger partial charge in [-0.05, 0) is 0 Å². The van der Waals surface area contributed by atoms with Gasteiger partial charge in [-0.3, -0.25) is 15.0 Å². The number of nitrogens with zero attached hydrogens (tertiary/aromatic N) is 1. The van der Waals surface area contributed by atoms with Crippen LogP contribution >= 0.6 is 0 Å². The van der Waals surface area contributed by atoms with E-state index in [1.54, 1.807) is 0 Å². The minimum Gasteiger partial charge on any atom is -0.394 e. The van der Waals surface area contributed by atoms with E-state index < -0.39 is 49.3 Å². The van der Waals surface area contributed by atoms with E-state index in [9.17, 15) is 24.9 Å². The third-order valence-corrected chi connectivity index (χ3v) is 3.00. The van der Waals surface area contributed by atoms with Crippen molar-refractivity contribution < 1.29 is 34.8 Å². The van der Waals surface area contributed by atoms with Crippen LogP contribution in [0, 0.1) is 0 Å². The van der Waals surface area contributed by atoms with Crippen molar-refractivity contribution >= 4 is 11.9 Å². The smallest absolute Gasteiger partial charge is 0.328 e. The number of aliphatic hydroxyl groups is 4. The Bertz CT molecular complexity index is 363. The first-order valence-electron chi connectivity index (χ1n) is 5.39. The van der Waals surface area contributed by atoms with Crippen molar-refractivity contribution in [2.24, 2.45) is 0 Å². The molecule has 0 aliphatic carbocycles. The van der Waals surface area contributed by atoms with Crippen LogP contribution in [0.5, 0.6) is 0 Å². The zero-order valence-corrected chi connectivity index (χ0v) is 9.26. The van der Waals surface area contributed by atoms with Gasteiger partial charge in [-0.15, -0.1) is 0 Å². The van der Waals surface area contributed by atoms with Crippen LogP contribution in [0.1, 0.15) is 6.42 Å². The summed E-state index contributed by atoms with van der Waals surface area (Å²) in [7, 11) is 0. The van der Waals surface area contributed by atoms with Crippen LogP contribution in [0.2, 0.25) is 0 Å². The molecule has 18 heavy (non-hydrogen) atoms. The first-order valence-corrected chi connectivity index (χ1v) is 5.39. The van der Waals surface area contributed by atoms with Crippen molar-refractivity contribution in [3.8, 4) is 0 Å². The predicted molar refractivity (Wildman–Crippen MR) is 53.8 cm³/mol. The number of amides is 3. The van der Waals surface area contributed by atoms with Gasteiger partial charge in [-0.2, -0.15) is 0 Å². The summed E-state index contributed by atoms with van der Waals surface area (Å²) in [4.78, 5) is 23.3. The molecule has 5 N–H and O–H groups in total. The highest BCUT2D eigenvalue weighted by molar-refractivity contribution is 5.99. The quantitative estimate of drug-likeness (QED) is 0.351. The van der Waals surface area contributed by atoms with Crippen LogP contribution in [0.4, 0.5) is 4.79 Å². The molecule has 9 heteroatoms. The van der Waals surface area contributed by atoms with Crippen molar-refractivity contribution in [3.63, 3.8) is 0 Å². The third-order valence-electron chi connectivity index (χ3n) is 3.00. The number of urea groups is 1. The van der Waals surface area contributed by atoms with E-state index in [1.165, 1.54) is 0 Å². The highest BCUT2D eigenvalue weighted by Crippen LogP contribution is 2.26. The molecular formula is C9H14N2O7. The van der Waals surface area contributed by atoms with Crippen molar-refractivity contribution in [1.29, 1.82) is 0 Å². The first kappa shape index (κ1) is 13.2. The number of carbonyl (C=O) groups excluding carboxylic acids is 2. The average molecular weight is 262 g/mol. The van der Waals surface area contributed by atoms with Crippen molar-refractivity contribution in [3.05, 3.63) is 0 Å². The zero-order chi connectivity index (χ0) is 13.4. The molecule has 0 aromatic heterocycles. The first-order chi connectivity index (χ1) is 8.45. The Balaban J connectivity index is 2.13. The predicted octanol–water partition coefficient (Wildman–Crippen LogP) is -3.31. The lowest BCUT2D eigenvalue weighted by molar-refractivity contribution is -0.167. The lowest BCUT2D eigenvalue weighted by atomic mass is 10.1. The molecule has 0 spiro atoms. The molecule has 2 fully saturated rings. The molecule has 2 saturated heterocycles. The van der Waals surface area contributed by atoms with Crippen LogP contribution in [0.15, 0.2) is 0 Å². The molecule has 0 radical (unpaired) electrons. The van der Waals surface area contributed by atoms with Crippen molar-refractivity contribution in [2.75, 3.05) is 6.61 Å². The van der Waals surface area contributed by atoms with Gasteiger partial charge in [0.25, 0.3) is 5.91 Å². The topological polar surface area (TPSA) is 140 Å². The number of ether oxygens (including phenoxy) is 1. The Labute approximate surface area is 102 Å². The molecule has 0 bridgehead atoms. The second-order valence-electron chi connectivity index (χ2n) is 4.17. The summed E-state index contributed by atoms with van der Waals surface area (Å²) < 4.78 is 5.17. The number of aliphatic hydroxyl groups excluding tert-OH is 4. The Kier molecular flexibility index (Phi) is 3.50. The van der Waals surface area contributed by atoms with Crippen LogP contribution in [0.25, 0.3) is 0 Å². The van der Waals surface area contributed by atoms with Crippen LogP contribution in [-0.2, 0) is 9.53 Å². The van der Waals surface area contributed by atoms with Crippen LogP contribution < -0.4 is 5.32 Å². The lowest BCUT2D eigenvalue weighted by Gasteiger charge is -2.37. The zero-order valence-electron chi connectivity index (χ0n) is 9.26. The lowest BCUT2D eigenvalue weighted by Crippen LogP contribution is -2.65. The van der Waals surface area contributed by atoms with Gasteiger partial charge in [0.15, 0.2) is 12.3 Å². The van der Waals surface area contributed by atoms with E-state index in [-0.39, 0.29) is 6.42 Å². The summed E-state index contributed by atoms with van der Waals surface area (Å²) >= 11 is 0. The number of rotatable bonds is 2. The average Bonchev–Trinajstić information content (AvgIpc) is 2.67. The minimum absolute atomic E-state index is 0.0311. The summed E-state index contributed by atoms with van der Waals surface area (Å²) in [6, 6.07) is -0.923. The normalized spacial score (nSPS) is 41.1. The van der Waals surface area contributed by atoms with Gasteiger partial charge >= 0.3 is 6.03 Å².